The number of hydrogen-bond acceptors (Lipinski definition) is 5. The van der Waals surface area contributed by atoms with Gasteiger partial charge in [-0.1, -0.05) is 39.2 Å². The van der Waals surface area contributed by atoms with E-state index < -0.39 is 11.1 Å². The molecule has 2 aliphatic rings. The molecule has 30 heavy (non-hydrogen) atoms. The first-order valence-corrected chi connectivity index (χ1v) is 10.8. The summed E-state index contributed by atoms with van der Waals surface area (Å²) in [4.78, 5) is 2.76. The number of nitrogens with two attached hydrogens (primary N) is 2. The van der Waals surface area contributed by atoms with Gasteiger partial charge in [0, 0.05) is 26.1 Å². The van der Waals surface area contributed by atoms with Crippen molar-refractivity contribution in [1.82, 2.24) is 0 Å². The molecule has 0 amide bonds. The predicted octanol–water partition coefficient (Wildman–Crippen LogP) is 3.43. The van der Waals surface area contributed by atoms with Gasteiger partial charge in [-0.15, -0.1) is 0 Å². The van der Waals surface area contributed by atoms with Gasteiger partial charge in [-0.05, 0) is 84.5 Å². The molecule has 0 spiro atoms. The van der Waals surface area contributed by atoms with Gasteiger partial charge in [0.2, 0.25) is 0 Å². The lowest BCUT2D eigenvalue weighted by molar-refractivity contribution is 0.181. The van der Waals surface area contributed by atoms with Crippen molar-refractivity contribution >= 4 is 21.6 Å². The number of benzene rings is 2. The predicted molar refractivity (Wildman–Crippen MR) is 121 cm³/mol. The lowest BCUT2D eigenvalue weighted by Gasteiger charge is -2.33. The van der Waals surface area contributed by atoms with Crippen LogP contribution >= 0.6 is 15.9 Å². The lowest BCUT2D eigenvalue weighted by atomic mass is 9.79. The molecule has 0 saturated heterocycles. The van der Waals surface area contributed by atoms with Crippen molar-refractivity contribution in [3.63, 3.8) is 0 Å². The second kappa shape index (κ2) is 9.47. The molecule has 0 heterocycles. The molecule has 0 aromatic heterocycles. The van der Waals surface area contributed by atoms with Gasteiger partial charge >= 0.3 is 0 Å². The van der Waals surface area contributed by atoms with Crippen LogP contribution in [0, 0.1) is 0 Å². The first kappa shape index (κ1) is 22.7. The summed E-state index contributed by atoms with van der Waals surface area (Å²) in [6.07, 6.45) is 4.87. The third-order valence-corrected chi connectivity index (χ3v) is 6.51. The first-order chi connectivity index (χ1) is 14.3. The Kier molecular flexibility index (Phi) is 7.18. The Bertz CT molecular complexity index is 963. The number of nitrogens with zero attached hydrogens (tertiary/aromatic N) is 3. The van der Waals surface area contributed by atoms with E-state index in [1.807, 2.05) is 18.2 Å². The minimum atomic E-state index is -0.493. The van der Waals surface area contributed by atoms with Crippen LogP contribution in [0.3, 0.4) is 0 Å². The van der Waals surface area contributed by atoms with E-state index in [0.717, 1.165) is 42.1 Å². The highest BCUT2D eigenvalue weighted by Crippen LogP contribution is 2.30. The fourth-order valence-corrected chi connectivity index (χ4v) is 4.51. The van der Waals surface area contributed by atoms with Gasteiger partial charge in [0.05, 0.1) is 13.2 Å². The van der Waals surface area contributed by atoms with E-state index in [4.69, 9.17) is 17.0 Å². The normalized spacial score (nSPS) is 24.6. The molecule has 8 heteroatoms. The maximum Gasteiger partial charge on any atom is 0.0614 e. The number of azide groups is 1. The Morgan fingerprint density at radius 2 is 1.43 bits per heavy atom. The zero-order chi connectivity index (χ0) is 21.8. The Labute approximate surface area is 184 Å². The second-order valence-electron chi connectivity index (χ2n) is 8.45. The molecule has 2 unspecified atom stereocenters. The second-order valence-corrected chi connectivity index (χ2v) is 9.37. The van der Waals surface area contributed by atoms with Crippen LogP contribution in [0.2, 0.25) is 0 Å². The van der Waals surface area contributed by atoms with Crippen molar-refractivity contribution in [2.45, 2.75) is 49.6 Å². The number of aliphatic hydroxyl groups is 2. The Morgan fingerprint density at radius 1 is 0.900 bits per heavy atom. The van der Waals surface area contributed by atoms with Crippen LogP contribution in [-0.2, 0) is 25.7 Å². The minimum absolute atomic E-state index is 0.00450. The average molecular weight is 474 g/mol. The van der Waals surface area contributed by atoms with Crippen molar-refractivity contribution in [3.8, 4) is 0 Å². The van der Waals surface area contributed by atoms with E-state index in [0.29, 0.717) is 12.1 Å². The summed E-state index contributed by atoms with van der Waals surface area (Å²) in [6.45, 7) is 0.0764. The highest BCUT2D eigenvalue weighted by Gasteiger charge is 2.30. The Morgan fingerprint density at radius 3 is 1.97 bits per heavy atom. The molecule has 2 aromatic carbocycles. The van der Waals surface area contributed by atoms with E-state index in [9.17, 15) is 10.2 Å². The first-order valence-electron chi connectivity index (χ1n) is 10.0. The SMILES string of the molecule is NC1(CO)CCc2cc(Br)ccc2C1.[N-]=[N+]=Nc1ccc2c(c1)CCC(N)(CO)C2. The summed E-state index contributed by atoms with van der Waals surface area (Å²) in [5.41, 5.74) is 25.1. The summed E-state index contributed by atoms with van der Waals surface area (Å²) < 4.78 is 1.12. The highest BCUT2D eigenvalue weighted by molar-refractivity contribution is 9.10. The number of aryl methyl sites for hydroxylation is 2. The van der Waals surface area contributed by atoms with Gasteiger partial charge in [0.15, 0.2) is 0 Å². The molecular formula is C22H28BrN5O2. The number of aliphatic hydroxyl groups excluding tert-OH is 2. The molecule has 4 rings (SSSR count). The van der Waals surface area contributed by atoms with Gasteiger partial charge in [0.1, 0.15) is 0 Å². The number of hydrogen-bond donors (Lipinski definition) is 4. The lowest BCUT2D eigenvalue weighted by Crippen LogP contribution is -2.48. The monoisotopic (exact) mass is 473 g/mol. The van der Waals surface area contributed by atoms with E-state index in [1.165, 1.54) is 16.7 Å². The Balaban J connectivity index is 0.000000172. The highest BCUT2D eigenvalue weighted by atomic mass is 79.9. The summed E-state index contributed by atoms with van der Waals surface area (Å²) in [7, 11) is 0. The molecule has 2 aromatic rings. The smallest absolute Gasteiger partial charge is 0.0614 e. The molecule has 160 valence electrons. The summed E-state index contributed by atoms with van der Waals surface area (Å²) >= 11 is 3.46. The topological polar surface area (TPSA) is 141 Å². The molecular weight excluding hydrogens is 446 g/mol. The van der Waals surface area contributed by atoms with Gasteiger partial charge in [-0.25, -0.2) is 0 Å². The minimum Gasteiger partial charge on any atom is -0.394 e. The van der Waals surface area contributed by atoms with E-state index in [-0.39, 0.29) is 13.2 Å². The van der Waals surface area contributed by atoms with Crippen molar-refractivity contribution in [2.24, 2.45) is 16.6 Å². The quantitative estimate of drug-likeness (QED) is 0.307. The van der Waals surface area contributed by atoms with Gasteiger partial charge in [-0.2, -0.15) is 0 Å². The standard InChI is InChI=1S/C11H14BrNO.C11H14N4O/c12-10-2-1-9-6-11(13,7-14)4-3-8(9)5-10;12-11(7-16)4-3-8-5-10(14-15-13)2-1-9(8)6-11/h1-2,5,14H,3-4,6-7,13H2;1-2,5,16H,3-4,6-7,12H2. The molecule has 0 fully saturated rings. The number of fused-ring (bicyclic) bond motifs is 2. The van der Waals surface area contributed by atoms with Crippen LogP contribution in [0.4, 0.5) is 5.69 Å². The van der Waals surface area contributed by atoms with Crippen LogP contribution in [-0.4, -0.2) is 34.5 Å². The third-order valence-electron chi connectivity index (χ3n) is 6.02. The summed E-state index contributed by atoms with van der Waals surface area (Å²) in [6, 6.07) is 11.9. The van der Waals surface area contributed by atoms with Crippen LogP contribution in [0.5, 0.6) is 0 Å². The number of rotatable bonds is 3. The van der Waals surface area contributed by atoms with E-state index >= 15 is 0 Å². The molecule has 0 aliphatic heterocycles. The van der Waals surface area contributed by atoms with Crippen LogP contribution in [0.1, 0.15) is 35.1 Å². The molecule has 0 bridgehead atoms. The fraction of sp³-hybridized carbons (Fsp3) is 0.455. The van der Waals surface area contributed by atoms with Crippen LogP contribution in [0.15, 0.2) is 46.0 Å². The van der Waals surface area contributed by atoms with Crippen molar-refractivity contribution < 1.29 is 10.2 Å². The van der Waals surface area contributed by atoms with Crippen molar-refractivity contribution in [3.05, 3.63) is 73.6 Å². The zero-order valence-electron chi connectivity index (χ0n) is 16.9. The molecule has 2 aliphatic carbocycles. The number of halogens is 1. The third kappa shape index (κ3) is 5.40. The summed E-state index contributed by atoms with van der Waals surface area (Å²) in [5, 5.41) is 22.0. The molecule has 2 atom stereocenters. The van der Waals surface area contributed by atoms with E-state index in [2.05, 4.69) is 38.1 Å². The van der Waals surface area contributed by atoms with Gasteiger partial charge in [0.25, 0.3) is 0 Å². The van der Waals surface area contributed by atoms with Gasteiger partial charge < -0.3 is 21.7 Å². The van der Waals surface area contributed by atoms with Gasteiger partial charge in [-0.3, -0.25) is 0 Å². The summed E-state index contributed by atoms with van der Waals surface area (Å²) in [5.74, 6) is 0. The van der Waals surface area contributed by atoms with Crippen molar-refractivity contribution in [1.29, 1.82) is 0 Å². The Hall–Kier alpha value is -1.93. The van der Waals surface area contributed by atoms with Crippen molar-refractivity contribution in [2.75, 3.05) is 13.2 Å². The average Bonchev–Trinajstić information content (AvgIpc) is 2.75. The zero-order valence-corrected chi connectivity index (χ0v) is 18.5. The van der Waals surface area contributed by atoms with E-state index in [1.54, 1.807) is 6.07 Å². The molecule has 6 N–H and O–H groups in total. The molecule has 0 saturated carbocycles. The molecule has 7 nitrogen and oxygen atoms in total. The van der Waals surface area contributed by atoms with Crippen LogP contribution in [0.25, 0.3) is 10.4 Å². The van der Waals surface area contributed by atoms with Crippen LogP contribution < -0.4 is 11.5 Å². The fourth-order valence-electron chi connectivity index (χ4n) is 4.10. The largest absolute Gasteiger partial charge is 0.394 e. The maximum atomic E-state index is 9.22. The molecule has 0 radical (unpaired) electrons. The maximum absolute atomic E-state index is 9.22.